The summed E-state index contributed by atoms with van der Waals surface area (Å²) in [6, 6.07) is 67.3. The monoisotopic (exact) mass is 720 g/mol. The number of nitrogens with zero attached hydrogens (tertiary/aromatic N) is 4. The van der Waals surface area contributed by atoms with Crippen molar-refractivity contribution in [1.82, 2.24) is 19.5 Å². The Balaban J connectivity index is 1.27. The Morgan fingerprint density at radius 1 is 0.321 bits per heavy atom. The fraction of sp³-hybridized carbons (Fsp3) is 0. The van der Waals surface area contributed by atoms with Gasteiger partial charge in [0.15, 0.2) is 17.5 Å². The maximum absolute atomic E-state index is 14.9. The van der Waals surface area contributed by atoms with E-state index in [0.29, 0.717) is 17.5 Å². The van der Waals surface area contributed by atoms with Crippen molar-refractivity contribution in [3.63, 3.8) is 0 Å². The first kappa shape index (κ1) is 33.1. The molecule has 0 aliphatic rings. The highest BCUT2D eigenvalue weighted by Gasteiger charge is 2.20. The molecule has 4 nitrogen and oxygen atoms in total. The molecule has 0 fully saturated rings. The van der Waals surface area contributed by atoms with Crippen LogP contribution >= 0.6 is 0 Å². The van der Waals surface area contributed by atoms with Gasteiger partial charge in [0.25, 0.3) is 0 Å². The van der Waals surface area contributed by atoms with Crippen molar-refractivity contribution >= 4 is 21.8 Å². The third-order valence-electron chi connectivity index (χ3n) is 10.3. The van der Waals surface area contributed by atoms with Crippen molar-refractivity contribution in [2.45, 2.75) is 0 Å². The van der Waals surface area contributed by atoms with Gasteiger partial charge in [0, 0.05) is 33.2 Å². The normalized spacial score (nSPS) is 11.3. The van der Waals surface area contributed by atoms with Gasteiger partial charge >= 0.3 is 0 Å². The first-order valence-corrected chi connectivity index (χ1v) is 18.6. The maximum atomic E-state index is 14.9. The summed E-state index contributed by atoms with van der Waals surface area (Å²) in [5, 5.41) is 2.29. The van der Waals surface area contributed by atoms with Gasteiger partial charge < -0.3 is 4.57 Å². The highest BCUT2D eigenvalue weighted by atomic mass is 19.1. The largest absolute Gasteiger partial charge is 0.309 e. The van der Waals surface area contributed by atoms with Crippen molar-refractivity contribution in [2.24, 2.45) is 0 Å². The SMILES string of the molecule is Fc1cccc(-c2ccc(-n3c4cc(-c5ccccc5)ccc4c4ccc(-c5ccccc5)cc43)cc2-c2nc(-c3ccccc3)nc(-c3ccccc3)n2)c1. The number of benzene rings is 8. The molecule has 56 heavy (non-hydrogen) atoms. The fourth-order valence-electron chi connectivity index (χ4n) is 7.61. The number of hydrogen-bond acceptors (Lipinski definition) is 3. The quantitative estimate of drug-likeness (QED) is 0.165. The van der Waals surface area contributed by atoms with Crippen LogP contribution in [0.5, 0.6) is 0 Å². The predicted octanol–water partition coefficient (Wildman–Crippen LogP) is 13.1. The molecular formula is C51H33FN4. The van der Waals surface area contributed by atoms with Gasteiger partial charge in [0.05, 0.1) is 11.0 Å². The van der Waals surface area contributed by atoms with E-state index < -0.39 is 0 Å². The van der Waals surface area contributed by atoms with E-state index in [4.69, 9.17) is 15.0 Å². The van der Waals surface area contributed by atoms with Gasteiger partial charge in [-0.25, -0.2) is 19.3 Å². The van der Waals surface area contributed by atoms with Gasteiger partial charge in [0.1, 0.15) is 5.82 Å². The summed E-state index contributed by atoms with van der Waals surface area (Å²) < 4.78 is 17.3. The molecule has 0 atom stereocenters. The molecule has 0 unspecified atom stereocenters. The second kappa shape index (κ2) is 14.0. The third-order valence-corrected chi connectivity index (χ3v) is 10.3. The molecule has 5 heteroatoms. The summed E-state index contributed by atoms with van der Waals surface area (Å²) >= 11 is 0. The van der Waals surface area contributed by atoms with Gasteiger partial charge in [-0.2, -0.15) is 0 Å². The first-order valence-electron chi connectivity index (χ1n) is 18.6. The molecule has 0 saturated heterocycles. The number of aromatic nitrogens is 4. The molecule has 0 spiro atoms. The molecule has 0 bridgehead atoms. The standard InChI is InChI=1S/C51H33FN4/c52-41-23-13-22-40(30-41)43-29-26-42(33-46(43)51-54-49(36-18-9-3-10-19-36)53-50(55-51)37-20-11-4-12-21-37)56-47-31-38(34-14-5-1-6-15-34)24-27-44(47)45-28-25-39(32-48(45)56)35-16-7-2-8-17-35/h1-33H. The van der Waals surface area contributed by atoms with Crippen LogP contribution in [0, 0.1) is 5.82 Å². The Morgan fingerprint density at radius 3 is 1.29 bits per heavy atom. The number of halogens is 1. The summed E-state index contributed by atoms with van der Waals surface area (Å²) in [5.41, 5.74) is 11.7. The zero-order valence-electron chi connectivity index (χ0n) is 30.2. The Hall–Kier alpha value is -7.50. The second-order valence-electron chi connectivity index (χ2n) is 13.8. The zero-order chi connectivity index (χ0) is 37.4. The molecule has 0 N–H and O–H groups in total. The molecule has 0 aliphatic carbocycles. The van der Waals surface area contributed by atoms with Crippen molar-refractivity contribution in [1.29, 1.82) is 0 Å². The van der Waals surface area contributed by atoms with Gasteiger partial charge in [-0.1, -0.05) is 164 Å². The van der Waals surface area contributed by atoms with Crippen LogP contribution in [0.15, 0.2) is 200 Å². The summed E-state index contributed by atoms with van der Waals surface area (Å²) in [6.07, 6.45) is 0. The second-order valence-corrected chi connectivity index (χ2v) is 13.8. The molecular weight excluding hydrogens is 688 g/mol. The molecule has 0 aliphatic heterocycles. The first-order chi connectivity index (χ1) is 27.7. The van der Waals surface area contributed by atoms with Crippen molar-refractivity contribution < 1.29 is 4.39 Å². The van der Waals surface area contributed by atoms with E-state index in [1.807, 2.05) is 78.9 Å². The zero-order valence-corrected chi connectivity index (χ0v) is 30.2. The van der Waals surface area contributed by atoms with Gasteiger partial charge in [0.2, 0.25) is 0 Å². The molecule has 2 heterocycles. The lowest BCUT2D eigenvalue weighted by atomic mass is 9.98. The van der Waals surface area contributed by atoms with E-state index in [1.165, 1.54) is 6.07 Å². The summed E-state index contributed by atoms with van der Waals surface area (Å²) in [6.45, 7) is 0. The Kier molecular flexibility index (Phi) is 8.30. The molecule has 10 aromatic rings. The van der Waals surface area contributed by atoms with Crippen molar-refractivity contribution in [3.8, 4) is 73.2 Å². The predicted molar refractivity (Wildman–Crippen MR) is 227 cm³/mol. The highest BCUT2D eigenvalue weighted by Crippen LogP contribution is 2.40. The highest BCUT2D eigenvalue weighted by molar-refractivity contribution is 6.11. The number of rotatable bonds is 7. The Morgan fingerprint density at radius 2 is 0.786 bits per heavy atom. The van der Waals surface area contributed by atoms with E-state index in [9.17, 15) is 4.39 Å². The van der Waals surface area contributed by atoms with Crippen LogP contribution in [0.3, 0.4) is 0 Å². The van der Waals surface area contributed by atoms with Crippen LogP contribution in [0.4, 0.5) is 4.39 Å². The van der Waals surface area contributed by atoms with Crippen molar-refractivity contribution in [3.05, 3.63) is 206 Å². The minimum absolute atomic E-state index is 0.313. The van der Waals surface area contributed by atoms with Gasteiger partial charge in [-0.05, 0) is 69.8 Å². The Labute approximate surface area is 323 Å². The van der Waals surface area contributed by atoms with Crippen LogP contribution in [0.1, 0.15) is 0 Å². The van der Waals surface area contributed by atoms with Crippen LogP contribution in [-0.4, -0.2) is 19.5 Å². The topological polar surface area (TPSA) is 43.6 Å². The molecule has 0 radical (unpaired) electrons. The van der Waals surface area contributed by atoms with E-state index in [1.54, 1.807) is 12.1 Å². The Bertz CT molecular complexity index is 2860. The average molecular weight is 721 g/mol. The average Bonchev–Trinajstić information content (AvgIpc) is 3.60. The van der Waals surface area contributed by atoms with E-state index in [-0.39, 0.29) is 5.82 Å². The molecule has 0 saturated carbocycles. The third kappa shape index (κ3) is 6.11. The van der Waals surface area contributed by atoms with Crippen LogP contribution < -0.4 is 0 Å². The number of fused-ring (bicyclic) bond motifs is 3. The lowest BCUT2D eigenvalue weighted by Gasteiger charge is -2.16. The van der Waals surface area contributed by atoms with Crippen molar-refractivity contribution in [2.75, 3.05) is 0 Å². The van der Waals surface area contributed by atoms with Crippen LogP contribution in [-0.2, 0) is 0 Å². The maximum Gasteiger partial charge on any atom is 0.164 e. The smallest absolute Gasteiger partial charge is 0.164 e. The minimum Gasteiger partial charge on any atom is -0.309 e. The van der Waals surface area contributed by atoms with Crippen LogP contribution in [0.25, 0.3) is 95.0 Å². The fourth-order valence-corrected chi connectivity index (χ4v) is 7.61. The number of hydrogen-bond donors (Lipinski definition) is 0. The van der Waals surface area contributed by atoms with E-state index in [2.05, 4.69) is 108 Å². The van der Waals surface area contributed by atoms with E-state index >= 15 is 0 Å². The van der Waals surface area contributed by atoms with Gasteiger partial charge in [-0.15, -0.1) is 0 Å². The lowest BCUT2D eigenvalue weighted by Crippen LogP contribution is -2.02. The molecule has 264 valence electrons. The van der Waals surface area contributed by atoms with E-state index in [0.717, 1.165) is 77.6 Å². The minimum atomic E-state index is -0.313. The molecule has 0 amide bonds. The lowest BCUT2D eigenvalue weighted by molar-refractivity contribution is 0.628. The molecule has 10 rings (SSSR count). The van der Waals surface area contributed by atoms with Gasteiger partial charge in [-0.3, -0.25) is 0 Å². The summed E-state index contributed by atoms with van der Waals surface area (Å²) in [4.78, 5) is 15.2. The summed E-state index contributed by atoms with van der Waals surface area (Å²) in [7, 11) is 0. The summed E-state index contributed by atoms with van der Waals surface area (Å²) in [5.74, 6) is 1.30. The van der Waals surface area contributed by atoms with Crippen LogP contribution in [0.2, 0.25) is 0 Å². The molecule has 2 aromatic heterocycles. The molecule has 8 aromatic carbocycles.